The van der Waals surface area contributed by atoms with Crippen LogP contribution in [0.1, 0.15) is 12.5 Å². The second kappa shape index (κ2) is 6.49. The van der Waals surface area contributed by atoms with Crippen LogP contribution in [0, 0.1) is 0 Å². The van der Waals surface area contributed by atoms with Gasteiger partial charge >= 0.3 is 11.9 Å². The smallest absolute Gasteiger partial charge is 0.325 e. The molecule has 1 amide bonds. The van der Waals surface area contributed by atoms with E-state index in [-0.39, 0.29) is 5.69 Å². The van der Waals surface area contributed by atoms with E-state index in [9.17, 15) is 22.8 Å². The van der Waals surface area contributed by atoms with Crippen LogP contribution in [-0.4, -0.2) is 25.9 Å². The summed E-state index contributed by atoms with van der Waals surface area (Å²) >= 11 is 1.01. The number of nitrogens with one attached hydrogen (secondary N) is 2. The van der Waals surface area contributed by atoms with Gasteiger partial charge in [0, 0.05) is 12.7 Å². The van der Waals surface area contributed by atoms with Crippen molar-refractivity contribution < 1.29 is 18.0 Å². The zero-order valence-electron chi connectivity index (χ0n) is 12.1. The van der Waals surface area contributed by atoms with E-state index >= 15 is 0 Å². The number of nitrogens with zero attached hydrogens (tertiary/aromatic N) is 2. The number of aryl methyl sites for hydroxylation is 1. The van der Waals surface area contributed by atoms with Crippen LogP contribution in [0.5, 0.6) is 0 Å². The fraction of sp³-hybridized carbons (Fsp3) is 0.308. The van der Waals surface area contributed by atoms with Gasteiger partial charge < -0.3 is 5.32 Å². The van der Waals surface area contributed by atoms with Crippen LogP contribution in [-0.2, 0) is 18.0 Å². The van der Waals surface area contributed by atoms with Crippen molar-refractivity contribution in [3.05, 3.63) is 40.3 Å². The first-order chi connectivity index (χ1) is 10.7. The molecule has 2 rings (SSSR count). The van der Waals surface area contributed by atoms with Gasteiger partial charge in [0.05, 0.1) is 10.8 Å². The van der Waals surface area contributed by atoms with Gasteiger partial charge in [0.1, 0.15) is 0 Å². The van der Waals surface area contributed by atoms with Crippen LogP contribution in [0.25, 0.3) is 0 Å². The van der Waals surface area contributed by atoms with Gasteiger partial charge in [0.15, 0.2) is 5.16 Å². The van der Waals surface area contributed by atoms with Crippen LogP contribution < -0.4 is 11.0 Å². The van der Waals surface area contributed by atoms with Crippen LogP contribution in [0.15, 0.2) is 34.2 Å². The molecule has 2 N–H and O–H groups in total. The standard InChI is InChI=1S/C13H13F3N4O2S/c1-7(23-12-18-11(22)19-20(12)2)10(21)17-9-5-3-4-8(6-9)13(14,15)16/h3-7H,1-2H3,(H,17,21)(H,19,22). The topological polar surface area (TPSA) is 79.8 Å². The van der Waals surface area contributed by atoms with E-state index in [0.29, 0.717) is 5.16 Å². The third kappa shape index (κ3) is 4.38. The Bertz CT molecular complexity index is 769. The zero-order valence-corrected chi connectivity index (χ0v) is 13.0. The molecule has 1 atom stereocenters. The monoisotopic (exact) mass is 346 g/mol. The molecule has 0 saturated heterocycles. The molecule has 0 saturated carbocycles. The van der Waals surface area contributed by atoms with Crippen molar-refractivity contribution in [2.24, 2.45) is 7.05 Å². The fourth-order valence-electron chi connectivity index (χ4n) is 1.71. The van der Waals surface area contributed by atoms with E-state index < -0.39 is 28.6 Å². The molecule has 0 spiro atoms. The minimum atomic E-state index is -4.48. The number of alkyl halides is 3. The first-order valence-electron chi connectivity index (χ1n) is 6.44. The Morgan fingerprint density at radius 3 is 2.70 bits per heavy atom. The largest absolute Gasteiger partial charge is 0.416 e. The highest BCUT2D eigenvalue weighted by atomic mass is 32.2. The number of carbonyl (C=O) groups excluding carboxylic acids is 1. The number of aromatic amines is 1. The van der Waals surface area contributed by atoms with Crippen LogP contribution >= 0.6 is 11.8 Å². The number of amides is 1. The first-order valence-corrected chi connectivity index (χ1v) is 7.32. The maximum absolute atomic E-state index is 12.6. The second-order valence-electron chi connectivity index (χ2n) is 4.70. The second-order valence-corrected chi connectivity index (χ2v) is 6.01. The normalized spacial score (nSPS) is 12.9. The van der Waals surface area contributed by atoms with Gasteiger partial charge in [0.2, 0.25) is 5.91 Å². The molecule has 1 aromatic heterocycles. The third-order valence-electron chi connectivity index (χ3n) is 2.86. The lowest BCUT2D eigenvalue weighted by Crippen LogP contribution is -2.23. The maximum atomic E-state index is 12.6. The lowest BCUT2D eigenvalue weighted by atomic mass is 10.2. The molecule has 0 aliphatic rings. The first kappa shape index (κ1) is 17.1. The number of rotatable bonds is 4. The predicted octanol–water partition coefficient (Wildman–Crippen LogP) is 2.25. The average molecular weight is 346 g/mol. The SMILES string of the molecule is CC(Sc1nc(=O)[nH]n1C)C(=O)Nc1cccc(C(F)(F)F)c1. The molecule has 23 heavy (non-hydrogen) atoms. The predicted molar refractivity (Wildman–Crippen MR) is 79.2 cm³/mol. The molecule has 1 heterocycles. The molecular weight excluding hydrogens is 333 g/mol. The number of thioether (sulfide) groups is 1. The van der Waals surface area contributed by atoms with Crippen molar-refractivity contribution in [1.29, 1.82) is 0 Å². The quantitative estimate of drug-likeness (QED) is 0.832. The summed E-state index contributed by atoms with van der Waals surface area (Å²) < 4.78 is 39.3. The van der Waals surface area contributed by atoms with E-state index in [0.717, 1.165) is 23.9 Å². The molecule has 6 nitrogen and oxygen atoms in total. The van der Waals surface area contributed by atoms with Crippen molar-refractivity contribution in [1.82, 2.24) is 14.8 Å². The summed E-state index contributed by atoms with van der Waals surface area (Å²) in [5, 5.41) is 4.47. The summed E-state index contributed by atoms with van der Waals surface area (Å²) in [5.74, 6) is -0.496. The van der Waals surface area contributed by atoms with E-state index in [1.54, 1.807) is 14.0 Å². The molecule has 10 heteroatoms. The van der Waals surface area contributed by atoms with Crippen molar-refractivity contribution in [3.8, 4) is 0 Å². The fourth-order valence-corrected chi connectivity index (χ4v) is 2.53. The van der Waals surface area contributed by atoms with E-state index in [4.69, 9.17) is 0 Å². The van der Waals surface area contributed by atoms with Gasteiger partial charge in [-0.2, -0.15) is 18.2 Å². The molecular formula is C13H13F3N4O2S. The minimum absolute atomic E-state index is 0.0493. The highest BCUT2D eigenvalue weighted by molar-refractivity contribution is 8.00. The number of halogens is 3. The Hall–Kier alpha value is -2.23. The Morgan fingerprint density at radius 2 is 2.13 bits per heavy atom. The number of H-pyrrole nitrogens is 1. The highest BCUT2D eigenvalue weighted by Crippen LogP contribution is 2.31. The molecule has 0 aliphatic heterocycles. The van der Waals surface area contributed by atoms with Crippen molar-refractivity contribution in [3.63, 3.8) is 0 Å². The Morgan fingerprint density at radius 1 is 1.43 bits per heavy atom. The number of benzene rings is 1. The number of carbonyl (C=O) groups is 1. The summed E-state index contributed by atoms with van der Waals surface area (Å²) in [6, 6.07) is 4.37. The molecule has 0 fully saturated rings. The summed E-state index contributed by atoms with van der Waals surface area (Å²) in [6.45, 7) is 1.56. The minimum Gasteiger partial charge on any atom is -0.325 e. The van der Waals surface area contributed by atoms with Gasteiger partial charge in [-0.05, 0) is 25.1 Å². The summed E-state index contributed by atoms with van der Waals surface area (Å²) in [4.78, 5) is 26.8. The van der Waals surface area contributed by atoms with Gasteiger partial charge in [-0.15, -0.1) is 0 Å². The molecule has 0 radical (unpaired) electrons. The Labute approximate surface area is 133 Å². The summed E-state index contributed by atoms with van der Waals surface area (Å²) in [5.41, 5.74) is -1.33. The van der Waals surface area contributed by atoms with Crippen LogP contribution in [0.3, 0.4) is 0 Å². The zero-order chi connectivity index (χ0) is 17.2. The molecule has 1 unspecified atom stereocenters. The van der Waals surface area contributed by atoms with Crippen molar-refractivity contribution in [2.75, 3.05) is 5.32 Å². The molecule has 0 aliphatic carbocycles. The van der Waals surface area contributed by atoms with Crippen LogP contribution in [0.2, 0.25) is 0 Å². The van der Waals surface area contributed by atoms with Crippen molar-refractivity contribution >= 4 is 23.4 Å². The van der Waals surface area contributed by atoms with E-state index in [1.807, 2.05) is 0 Å². The Balaban J connectivity index is 2.07. The Kier molecular flexibility index (Phi) is 4.83. The number of aromatic nitrogens is 3. The third-order valence-corrected chi connectivity index (χ3v) is 4.00. The number of hydrogen-bond donors (Lipinski definition) is 2. The average Bonchev–Trinajstić information content (AvgIpc) is 2.76. The van der Waals surface area contributed by atoms with E-state index in [1.165, 1.54) is 16.8 Å². The van der Waals surface area contributed by atoms with Crippen LogP contribution in [0.4, 0.5) is 18.9 Å². The summed E-state index contributed by atoms with van der Waals surface area (Å²) in [7, 11) is 1.56. The highest BCUT2D eigenvalue weighted by Gasteiger charge is 2.30. The molecule has 2 aromatic rings. The molecule has 124 valence electrons. The molecule has 1 aromatic carbocycles. The number of anilines is 1. The van der Waals surface area contributed by atoms with Gasteiger partial charge in [-0.1, -0.05) is 17.8 Å². The lowest BCUT2D eigenvalue weighted by Gasteiger charge is -2.13. The lowest BCUT2D eigenvalue weighted by molar-refractivity contribution is -0.137. The van der Waals surface area contributed by atoms with Crippen molar-refractivity contribution in [2.45, 2.75) is 23.5 Å². The molecule has 0 bridgehead atoms. The van der Waals surface area contributed by atoms with Gasteiger partial charge in [-0.3, -0.25) is 9.48 Å². The maximum Gasteiger partial charge on any atom is 0.416 e. The number of hydrogen-bond acceptors (Lipinski definition) is 4. The van der Waals surface area contributed by atoms with Gasteiger partial charge in [0.25, 0.3) is 0 Å². The van der Waals surface area contributed by atoms with Gasteiger partial charge in [-0.25, -0.2) is 9.89 Å². The van der Waals surface area contributed by atoms with E-state index in [2.05, 4.69) is 15.4 Å². The summed E-state index contributed by atoms with van der Waals surface area (Å²) in [6.07, 6.45) is -4.48.